The van der Waals surface area contributed by atoms with E-state index in [1.165, 1.54) is 7.11 Å². The van der Waals surface area contributed by atoms with Crippen molar-refractivity contribution >= 4 is 28.5 Å². The van der Waals surface area contributed by atoms with Crippen molar-refractivity contribution in [2.75, 3.05) is 12.4 Å². The molecule has 0 spiro atoms. The molecule has 5 heteroatoms. The zero-order chi connectivity index (χ0) is 21.6. The van der Waals surface area contributed by atoms with Gasteiger partial charge in [-0.05, 0) is 48.0 Å². The van der Waals surface area contributed by atoms with E-state index in [-0.39, 0.29) is 12.3 Å². The van der Waals surface area contributed by atoms with Gasteiger partial charge in [0.25, 0.3) is 0 Å². The number of anilines is 1. The molecule has 1 amide bonds. The molecular formula is C26H20N2O3. The van der Waals surface area contributed by atoms with E-state index in [1.54, 1.807) is 18.2 Å². The lowest BCUT2D eigenvalue weighted by molar-refractivity contribution is -0.115. The topological polar surface area (TPSA) is 71.2 Å². The third kappa shape index (κ3) is 4.82. The number of aromatic nitrogens is 1. The van der Waals surface area contributed by atoms with E-state index in [2.05, 4.69) is 22.1 Å². The Kier molecular flexibility index (Phi) is 5.82. The zero-order valence-corrected chi connectivity index (χ0v) is 16.9. The molecule has 152 valence electrons. The van der Waals surface area contributed by atoms with Crippen LogP contribution in [0.15, 0.2) is 79.0 Å². The van der Waals surface area contributed by atoms with Crippen molar-refractivity contribution in [1.29, 1.82) is 0 Å². The number of amides is 1. The summed E-state index contributed by atoms with van der Waals surface area (Å²) in [6.07, 6.45) is 2.15. The van der Waals surface area contributed by atoms with Crippen LogP contribution in [0.4, 0.5) is 5.69 Å². The number of benzene rings is 3. The minimum absolute atomic E-state index is 0.0966. The molecule has 4 rings (SSSR count). The Bertz CT molecular complexity index is 1320. The lowest BCUT2D eigenvalue weighted by atomic mass is 10.1. The number of fused-ring (bicyclic) bond motifs is 1. The second-order valence-electron chi connectivity index (χ2n) is 6.99. The number of hydrogen-bond acceptors (Lipinski definition) is 3. The molecule has 0 aliphatic rings. The van der Waals surface area contributed by atoms with Gasteiger partial charge in [0.15, 0.2) is 0 Å². The molecule has 0 saturated carbocycles. The number of aromatic amines is 1. The fourth-order valence-electron chi connectivity index (χ4n) is 3.32. The third-order valence-corrected chi connectivity index (χ3v) is 4.81. The van der Waals surface area contributed by atoms with Crippen LogP contribution in [0, 0.1) is 11.8 Å². The first-order valence-electron chi connectivity index (χ1n) is 9.78. The van der Waals surface area contributed by atoms with E-state index in [0.717, 1.165) is 22.0 Å². The quantitative estimate of drug-likeness (QED) is 0.385. The average molecular weight is 408 g/mol. The molecule has 2 N–H and O–H groups in total. The SMILES string of the molecule is COC(=O)c1cccc(C#Cc2cccc(NC(=O)Cc3c[nH]c4ccccc34)c2)c1. The summed E-state index contributed by atoms with van der Waals surface area (Å²) in [7, 11) is 1.35. The lowest BCUT2D eigenvalue weighted by Gasteiger charge is -2.05. The molecule has 5 nitrogen and oxygen atoms in total. The maximum Gasteiger partial charge on any atom is 0.337 e. The molecule has 0 unspecified atom stereocenters. The Labute approximate surface area is 180 Å². The normalized spacial score (nSPS) is 10.2. The summed E-state index contributed by atoms with van der Waals surface area (Å²) in [5.74, 6) is 5.62. The first kappa shape index (κ1) is 20.0. The maximum atomic E-state index is 12.5. The summed E-state index contributed by atoms with van der Waals surface area (Å²) in [4.78, 5) is 27.4. The Balaban J connectivity index is 1.46. The van der Waals surface area contributed by atoms with Gasteiger partial charge in [0.05, 0.1) is 19.1 Å². The van der Waals surface area contributed by atoms with Gasteiger partial charge in [-0.2, -0.15) is 0 Å². The summed E-state index contributed by atoms with van der Waals surface area (Å²) in [6.45, 7) is 0. The highest BCUT2D eigenvalue weighted by Gasteiger charge is 2.09. The molecule has 0 aliphatic heterocycles. The van der Waals surface area contributed by atoms with Gasteiger partial charge in [-0.3, -0.25) is 4.79 Å². The van der Waals surface area contributed by atoms with Gasteiger partial charge in [0.2, 0.25) is 5.91 Å². The number of nitrogens with one attached hydrogen (secondary N) is 2. The number of carbonyl (C=O) groups excluding carboxylic acids is 2. The average Bonchev–Trinajstić information content (AvgIpc) is 3.20. The van der Waals surface area contributed by atoms with Gasteiger partial charge in [0, 0.05) is 33.9 Å². The van der Waals surface area contributed by atoms with E-state index >= 15 is 0 Å². The van der Waals surface area contributed by atoms with E-state index in [9.17, 15) is 9.59 Å². The van der Waals surface area contributed by atoms with Gasteiger partial charge in [-0.1, -0.05) is 42.2 Å². The maximum absolute atomic E-state index is 12.5. The van der Waals surface area contributed by atoms with Crippen LogP contribution in [0.2, 0.25) is 0 Å². The lowest BCUT2D eigenvalue weighted by Crippen LogP contribution is -2.14. The molecule has 0 radical (unpaired) electrons. The Morgan fingerprint density at radius 2 is 1.68 bits per heavy atom. The second-order valence-corrected chi connectivity index (χ2v) is 6.99. The van der Waals surface area contributed by atoms with Crippen LogP contribution in [0.25, 0.3) is 10.9 Å². The number of ether oxygens (including phenoxy) is 1. The monoisotopic (exact) mass is 408 g/mol. The van der Waals surface area contributed by atoms with E-state index in [1.807, 2.05) is 60.8 Å². The second kappa shape index (κ2) is 9.02. The van der Waals surface area contributed by atoms with E-state index < -0.39 is 5.97 Å². The van der Waals surface area contributed by atoms with Gasteiger partial charge in [-0.15, -0.1) is 0 Å². The summed E-state index contributed by atoms with van der Waals surface area (Å²) >= 11 is 0. The number of para-hydroxylation sites is 1. The smallest absolute Gasteiger partial charge is 0.337 e. The molecular weight excluding hydrogens is 388 g/mol. The van der Waals surface area contributed by atoms with E-state index in [4.69, 9.17) is 4.74 Å². The number of H-pyrrole nitrogens is 1. The standard InChI is InChI=1S/C26H20N2O3/c1-31-26(30)20-8-4-6-18(14-20)12-13-19-7-5-9-22(15-19)28-25(29)16-21-17-27-24-11-3-2-10-23(21)24/h2-11,14-15,17,27H,16H2,1H3,(H,28,29). The first-order valence-corrected chi connectivity index (χ1v) is 9.78. The molecule has 3 aromatic carbocycles. The third-order valence-electron chi connectivity index (χ3n) is 4.81. The largest absolute Gasteiger partial charge is 0.465 e. The molecule has 0 aliphatic carbocycles. The fourth-order valence-corrected chi connectivity index (χ4v) is 3.32. The minimum atomic E-state index is -0.399. The highest BCUT2D eigenvalue weighted by Crippen LogP contribution is 2.19. The molecule has 0 saturated heterocycles. The molecule has 1 heterocycles. The van der Waals surface area contributed by atoms with Crippen LogP contribution in [-0.2, 0) is 16.0 Å². The fraction of sp³-hybridized carbons (Fsp3) is 0.0769. The number of rotatable bonds is 4. The molecule has 1 aromatic heterocycles. The van der Waals surface area contributed by atoms with Crippen LogP contribution >= 0.6 is 0 Å². The minimum Gasteiger partial charge on any atom is -0.465 e. The number of esters is 1. The number of hydrogen-bond donors (Lipinski definition) is 2. The van der Waals surface area contributed by atoms with Gasteiger partial charge >= 0.3 is 5.97 Å². The van der Waals surface area contributed by atoms with Gasteiger partial charge < -0.3 is 15.0 Å². The van der Waals surface area contributed by atoms with Crippen LogP contribution in [-0.4, -0.2) is 24.0 Å². The summed E-state index contributed by atoms with van der Waals surface area (Å²) in [6, 6.07) is 22.2. The van der Waals surface area contributed by atoms with Crippen LogP contribution < -0.4 is 5.32 Å². The van der Waals surface area contributed by atoms with Crippen LogP contribution in [0.5, 0.6) is 0 Å². The van der Waals surface area contributed by atoms with Crippen molar-refractivity contribution < 1.29 is 14.3 Å². The molecule has 0 fully saturated rings. The van der Waals surface area contributed by atoms with Gasteiger partial charge in [0.1, 0.15) is 0 Å². The molecule has 0 bridgehead atoms. The Morgan fingerprint density at radius 1 is 0.935 bits per heavy atom. The molecule has 31 heavy (non-hydrogen) atoms. The highest BCUT2D eigenvalue weighted by atomic mass is 16.5. The van der Waals surface area contributed by atoms with Crippen molar-refractivity contribution in [3.05, 3.63) is 101 Å². The van der Waals surface area contributed by atoms with Crippen molar-refractivity contribution in [3.8, 4) is 11.8 Å². The Morgan fingerprint density at radius 3 is 2.48 bits per heavy atom. The van der Waals surface area contributed by atoms with Crippen molar-refractivity contribution in [2.24, 2.45) is 0 Å². The number of methoxy groups -OCH3 is 1. The predicted octanol–water partition coefficient (Wildman–Crippen LogP) is 4.54. The van der Waals surface area contributed by atoms with Gasteiger partial charge in [-0.25, -0.2) is 4.79 Å². The van der Waals surface area contributed by atoms with E-state index in [0.29, 0.717) is 16.8 Å². The number of carbonyl (C=O) groups is 2. The molecule has 0 atom stereocenters. The van der Waals surface area contributed by atoms with Crippen molar-refractivity contribution in [2.45, 2.75) is 6.42 Å². The zero-order valence-electron chi connectivity index (χ0n) is 16.9. The first-order chi connectivity index (χ1) is 15.1. The Hall–Kier alpha value is -4.30. The van der Waals surface area contributed by atoms with Crippen molar-refractivity contribution in [3.63, 3.8) is 0 Å². The summed E-state index contributed by atoms with van der Waals surface area (Å²) < 4.78 is 4.74. The summed E-state index contributed by atoms with van der Waals surface area (Å²) in [5.41, 5.74) is 4.56. The predicted molar refractivity (Wildman–Crippen MR) is 121 cm³/mol. The van der Waals surface area contributed by atoms with Crippen LogP contribution in [0.3, 0.4) is 0 Å². The molecule has 4 aromatic rings. The van der Waals surface area contributed by atoms with Crippen LogP contribution in [0.1, 0.15) is 27.0 Å². The van der Waals surface area contributed by atoms with Crippen molar-refractivity contribution in [1.82, 2.24) is 4.98 Å². The highest BCUT2D eigenvalue weighted by molar-refractivity contribution is 5.96. The summed E-state index contributed by atoms with van der Waals surface area (Å²) in [5, 5.41) is 3.98.